The van der Waals surface area contributed by atoms with Gasteiger partial charge in [-0.15, -0.1) is 0 Å². The van der Waals surface area contributed by atoms with Gasteiger partial charge < -0.3 is 4.74 Å². The second-order valence-corrected chi connectivity index (χ2v) is 3.82. The lowest BCUT2D eigenvalue weighted by Gasteiger charge is -2.24. The molecule has 1 heterocycles. The molecule has 0 unspecified atom stereocenters. The molecule has 0 amide bonds. The SMILES string of the molecule is CC(C)=C[C@@H]1C[C@@H](C)CC(=O)O1. The Bertz CT molecular complexity index is 202. The van der Waals surface area contributed by atoms with E-state index in [9.17, 15) is 4.79 Å². The van der Waals surface area contributed by atoms with Crippen LogP contribution in [0, 0.1) is 5.92 Å². The Balaban J connectivity index is 2.55. The van der Waals surface area contributed by atoms with Crippen molar-refractivity contribution in [2.75, 3.05) is 0 Å². The van der Waals surface area contributed by atoms with Crippen molar-refractivity contribution in [3.8, 4) is 0 Å². The fraction of sp³-hybridized carbons (Fsp3) is 0.700. The lowest BCUT2D eigenvalue weighted by Crippen LogP contribution is -2.26. The van der Waals surface area contributed by atoms with Crippen LogP contribution in [0.5, 0.6) is 0 Å². The van der Waals surface area contributed by atoms with Gasteiger partial charge in [-0.3, -0.25) is 4.79 Å². The summed E-state index contributed by atoms with van der Waals surface area (Å²) in [6.07, 6.45) is 3.59. The largest absolute Gasteiger partial charge is 0.458 e. The molecule has 0 aromatic heterocycles. The average Bonchev–Trinajstić information content (AvgIpc) is 1.81. The fourth-order valence-corrected chi connectivity index (χ4v) is 1.50. The maximum Gasteiger partial charge on any atom is 0.306 e. The highest BCUT2D eigenvalue weighted by molar-refractivity contribution is 5.70. The summed E-state index contributed by atoms with van der Waals surface area (Å²) in [6.45, 7) is 6.13. The molecule has 0 saturated carbocycles. The smallest absolute Gasteiger partial charge is 0.306 e. The lowest BCUT2D eigenvalue weighted by molar-refractivity contribution is -0.153. The van der Waals surface area contributed by atoms with Gasteiger partial charge in [0.05, 0.1) is 0 Å². The molecule has 0 radical (unpaired) electrons. The molecule has 68 valence electrons. The number of cyclic esters (lactones) is 1. The third kappa shape index (κ3) is 2.68. The quantitative estimate of drug-likeness (QED) is 0.443. The number of esters is 1. The van der Waals surface area contributed by atoms with Crippen LogP contribution in [0.25, 0.3) is 0 Å². The summed E-state index contributed by atoms with van der Waals surface area (Å²) < 4.78 is 5.15. The Kier molecular flexibility index (Phi) is 2.90. The molecule has 2 atom stereocenters. The summed E-state index contributed by atoms with van der Waals surface area (Å²) >= 11 is 0. The van der Waals surface area contributed by atoms with E-state index in [-0.39, 0.29) is 12.1 Å². The van der Waals surface area contributed by atoms with Crippen LogP contribution in [-0.2, 0) is 9.53 Å². The summed E-state index contributed by atoms with van der Waals surface area (Å²) in [4.78, 5) is 11.0. The van der Waals surface area contributed by atoms with Crippen molar-refractivity contribution in [2.45, 2.75) is 39.7 Å². The first-order valence-electron chi connectivity index (χ1n) is 4.42. The van der Waals surface area contributed by atoms with Gasteiger partial charge >= 0.3 is 5.97 Å². The van der Waals surface area contributed by atoms with Crippen LogP contribution in [0.1, 0.15) is 33.6 Å². The molecule has 1 rings (SSSR count). The number of rotatable bonds is 1. The van der Waals surface area contributed by atoms with Crippen molar-refractivity contribution < 1.29 is 9.53 Å². The number of carbonyl (C=O) groups excluding carboxylic acids is 1. The van der Waals surface area contributed by atoms with Crippen LogP contribution in [0.4, 0.5) is 0 Å². The van der Waals surface area contributed by atoms with Crippen LogP contribution in [-0.4, -0.2) is 12.1 Å². The molecule has 1 aliphatic rings. The van der Waals surface area contributed by atoms with Crippen molar-refractivity contribution in [2.24, 2.45) is 5.92 Å². The predicted octanol–water partition coefficient (Wildman–Crippen LogP) is 2.29. The van der Waals surface area contributed by atoms with E-state index in [0.717, 1.165) is 6.42 Å². The van der Waals surface area contributed by atoms with E-state index in [1.165, 1.54) is 5.57 Å². The molecule has 2 nitrogen and oxygen atoms in total. The van der Waals surface area contributed by atoms with Gasteiger partial charge in [0.1, 0.15) is 6.10 Å². The van der Waals surface area contributed by atoms with Crippen molar-refractivity contribution in [1.29, 1.82) is 0 Å². The molecular formula is C10H16O2. The highest BCUT2D eigenvalue weighted by atomic mass is 16.5. The van der Waals surface area contributed by atoms with Crippen LogP contribution in [0.15, 0.2) is 11.6 Å². The molecule has 2 heteroatoms. The fourth-order valence-electron chi connectivity index (χ4n) is 1.50. The van der Waals surface area contributed by atoms with Gasteiger partial charge in [-0.2, -0.15) is 0 Å². The van der Waals surface area contributed by atoms with Gasteiger partial charge in [0.15, 0.2) is 0 Å². The molecule has 12 heavy (non-hydrogen) atoms. The zero-order valence-electron chi connectivity index (χ0n) is 7.96. The van der Waals surface area contributed by atoms with Gasteiger partial charge in [0.2, 0.25) is 0 Å². The molecule has 1 aliphatic heterocycles. The van der Waals surface area contributed by atoms with E-state index >= 15 is 0 Å². The highest BCUT2D eigenvalue weighted by Gasteiger charge is 2.23. The second kappa shape index (κ2) is 3.74. The van der Waals surface area contributed by atoms with Gasteiger partial charge in [0, 0.05) is 6.42 Å². The van der Waals surface area contributed by atoms with Crippen molar-refractivity contribution in [1.82, 2.24) is 0 Å². The summed E-state index contributed by atoms with van der Waals surface area (Å²) in [5, 5.41) is 0. The molecule has 0 aromatic rings. The first-order valence-corrected chi connectivity index (χ1v) is 4.42. The number of allylic oxidation sites excluding steroid dienone is 1. The topological polar surface area (TPSA) is 26.3 Å². The Morgan fingerprint density at radius 2 is 2.25 bits per heavy atom. The zero-order valence-corrected chi connectivity index (χ0v) is 7.96. The summed E-state index contributed by atoms with van der Waals surface area (Å²) in [6, 6.07) is 0. The monoisotopic (exact) mass is 168 g/mol. The van der Waals surface area contributed by atoms with E-state index < -0.39 is 0 Å². The van der Waals surface area contributed by atoms with E-state index in [0.29, 0.717) is 12.3 Å². The van der Waals surface area contributed by atoms with Crippen LogP contribution in [0.2, 0.25) is 0 Å². The Hall–Kier alpha value is -0.790. The van der Waals surface area contributed by atoms with Gasteiger partial charge in [-0.25, -0.2) is 0 Å². The number of ether oxygens (including phenoxy) is 1. The number of carbonyl (C=O) groups is 1. The maximum absolute atomic E-state index is 11.0. The molecule has 1 saturated heterocycles. The van der Waals surface area contributed by atoms with Crippen LogP contribution < -0.4 is 0 Å². The first-order chi connectivity index (χ1) is 5.58. The standard InChI is InChI=1S/C10H16O2/c1-7(2)4-9-5-8(3)6-10(11)12-9/h4,8-9H,5-6H2,1-3H3/t8-,9-/m1/s1. The summed E-state index contributed by atoms with van der Waals surface area (Å²) in [5.74, 6) is 0.406. The van der Waals surface area contributed by atoms with E-state index in [1.807, 2.05) is 19.9 Å². The highest BCUT2D eigenvalue weighted by Crippen LogP contribution is 2.21. The number of hydrogen-bond acceptors (Lipinski definition) is 2. The molecule has 0 N–H and O–H groups in total. The molecular weight excluding hydrogens is 152 g/mol. The summed E-state index contributed by atoms with van der Waals surface area (Å²) in [5.41, 5.74) is 1.21. The molecule has 0 aliphatic carbocycles. The molecule has 0 aromatic carbocycles. The lowest BCUT2D eigenvalue weighted by atomic mass is 9.96. The van der Waals surface area contributed by atoms with Gasteiger partial charge in [-0.05, 0) is 32.3 Å². The Morgan fingerprint density at radius 3 is 2.75 bits per heavy atom. The van der Waals surface area contributed by atoms with Crippen LogP contribution in [0.3, 0.4) is 0 Å². The third-order valence-electron chi connectivity index (χ3n) is 1.95. The van der Waals surface area contributed by atoms with Gasteiger partial charge in [0.25, 0.3) is 0 Å². The Morgan fingerprint density at radius 1 is 1.58 bits per heavy atom. The predicted molar refractivity (Wildman–Crippen MR) is 47.7 cm³/mol. The van der Waals surface area contributed by atoms with E-state index in [4.69, 9.17) is 4.74 Å². The molecule has 0 bridgehead atoms. The van der Waals surface area contributed by atoms with Gasteiger partial charge in [-0.1, -0.05) is 12.5 Å². The number of hydrogen-bond donors (Lipinski definition) is 0. The zero-order chi connectivity index (χ0) is 9.14. The normalized spacial score (nSPS) is 29.4. The summed E-state index contributed by atoms with van der Waals surface area (Å²) in [7, 11) is 0. The van der Waals surface area contributed by atoms with Crippen molar-refractivity contribution >= 4 is 5.97 Å². The minimum absolute atomic E-state index is 0.0197. The average molecular weight is 168 g/mol. The molecule has 0 spiro atoms. The maximum atomic E-state index is 11.0. The Labute approximate surface area is 73.6 Å². The third-order valence-corrected chi connectivity index (χ3v) is 1.95. The minimum Gasteiger partial charge on any atom is -0.458 e. The minimum atomic E-state index is -0.0590. The first kappa shape index (κ1) is 9.30. The van der Waals surface area contributed by atoms with Crippen molar-refractivity contribution in [3.63, 3.8) is 0 Å². The van der Waals surface area contributed by atoms with Crippen molar-refractivity contribution in [3.05, 3.63) is 11.6 Å². The van der Waals surface area contributed by atoms with Crippen LogP contribution >= 0.6 is 0 Å². The van der Waals surface area contributed by atoms with E-state index in [1.54, 1.807) is 0 Å². The van der Waals surface area contributed by atoms with E-state index in [2.05, 4.69) is 6.92 Å². The second-order valence-electron chi connectivity index (χ2n) is 3.82. The molecule has 1 fully saturated rings.